The van der Waals surface area contributed by atoms with Gasteiger partial charge in [-0.15, -0.1) is 0 Å². The van der Waals surface area contributed by atoms with Crippen LogP contribution in [0.4, 0.5) is 0 Å². The highest BCUT2D eigenvalue weighted by Gasteiger charge is 2.72. The number of fused-ring (bicyclic) bond motifs is 5. The predicted octanol–water partition coefficient (Wildman–Crippen LogP) is 3.66. The molecule has 256 valence electrons. The van der Waals surface area contributed by atoms with Gasteiger partial charge >= 0.3 is 0 Å². The molecule has 5 N–H and O–H groups in total. The molecule has 14 atom stereocenters. The second-order valence-electron chi connectivity index (χ2n) is 17.5. The zero-order chi connectivity index (χ0) is 33.1. The lowest BCUT2D eigenvalue weighted by atomic mass is 9.38. The van der Waals surface area contributed by atoms with E-state index >= 15 is 0 Å². The molecule has 0 unspecified atom stereocenters. The van der Waals surface area contributed by atoms with Gasteiger partial charge in [0.2, 0.25) is 0 Å². The Balaban J connectivity index is 1.27. The van der Waals surface area contributed by atoms with Crippen LogP contribution in [0.2, 0.25) is 0 Å². The first-order valence-electron chi connectivity index (χ1n) is 17.4. The molecule has 5 fully saturated rings. The van der Waals surface area contributed by atoms with Crippen molar-refractivity contribution in [2.75, 3.05) is 6.61 Å². The standard InChI is InChI=1S/C36H58O9/c1-31(2)19-9-11-23-33(5)15-13-22(35(7)16-14-26(45-35)32(3,4)42)34(33,6)17-24(38)36(23,8)20(19)10-12-25(31)44-30-29(41)28(40)27(39)21(18-37)43-30/h9,20-23,25-30,37,39-42H,10-18H2,1-8H3/t20-,21-,22+,23+,25+,26+,27-,28+,29-,30+,33+,34-,35+,36+/m1/s1. The average molecular weight is 635 g/mol. The van der Waals surface area contributed by atoms with Gasteiger partial charge in [-0.25, -0.2) is 0 Å². The summed E-state index contributed by atoms with van der Waals surface area (Å²) in [5.41, 5.74) is -1.28. The number of aliphatic hydroxyl groups excluding tert-OH is 4. The maximum Gasteiger partial charge on any atom is 0.187 e. The third kappa shape index (κ3) is 4.72. The summed E-state index contributed by atoms with van der Waals surface area (Å²) >= 11 is 0. The van der Waals surface area contributed by atoms with Crippen LogP contribution in [0.25, 0.3) is 0 Å². The highest BCUT2D eigenvalue weighted by Crippen LogP contribution is 2.75. The summed E-state index contributed by atoms with van der Waals surface area (Å²) in [6, 6.07) is 0. The van der Waals surface area contributed by atoms with E-state index in [0.29, 0.717) is 18.6 Å². The number of rotatable bonds is 5. The predicted molar refractivity (Wildman–Crippen MR) is 167 cm³/mol. The maximum absolute atomic E-state index is 14.7. The molecule has 0 aromatic carbocycles. The fourth-order valence-corrected chi connectivity index (χ4v) is 11.6. The maximum atomic E-state index is 14.7. The van der Waals surface area contributed by atoms with Crippen LogP contribution in [0, 0.1) is 39.4 Å². The molecule has 0 aromatic rings. The second-order valence-corrected chi connectivity index (χ2v) is 17.5. The molecule has 0 amide bonds. The van der Waals surface area contributed by atoms with Crippen molar-refractivity contribution in [2.45, 2.75) is 161 Å². The molecular weight excluding hydrogens is 576 g/mol. The van der Waals surface area contributed by atoms with Gasteiger partial charge in [0.05, 0.1) is 30.0 Å². The molecule has 4 aliphatic carbocycles. The third-order valence-corrected chi connectivity index (χ3v) is 14.6. The van der Waals surface area contributed by atoms with E-state index in [1.54, 1.807) is 0 Å². The first kappa shape index (κ1) is 34.0. The SMILES string of the molecule is CC(C)(O)[C@@H]1CC[C@@](C)([C@H]2CC[C@@]3(C)[C@@H]4CC=C5[C@@H](CC[C@H](O[C@@H]6O[C@H](CO)[C@@H](O)[C@H](O)[C@H]6O)C5(C)C)[C@]4(C)C(=O)C[C@]23C)O1. The van der Waals surface area contributed by atoms with Crippen molar-refractivity contribution < 1.29 is 44.5 Å². The highest BCUT2D eigenvalue weighted by atomic mass is 16.7. The summed E-state index contributed by atoms with van der Waals surface area (Å²) in [4.78, 5) is 14.7. The minimum absolute atomic E-state index is 0.0463. The fraction of sp³-hybridized carbons (Fsp3) is 0.917. The van der Waals surface area contributed by atoms with Crippen molar-refractivity contribution >= 4 is 5.78 Å². The highest BCUT2D eigenvalue weighted by molar-refractivity contribution is 5.88. The van der Waals surface area contributed by atoms with Gasteiger partial charge in [0.25, 0.3) is 0 Å². The summed E-state index contributed by atoms with van der Waals surface area (Å²) in [5.74, 6) is 0.857. The lowest BCUT2D eigenvalue weighted by Crippen LogP contribution is -2.64. The van der Waals surface area contributed by atoms with Crippen molar-refractivity contribution in [3.8, 4) is 0 Å². The van der Waals surface area contributed by atoms with Gasteiger partial charge < -0.3 is 39.7 Å². The molecule has 0 spiro atoms. The van der Waals surface area contributed by atoms with E-state index in [4.69, 9.17) is 14.2 Å². The van der Waals surface area contributed by atoms with Crippen LogP contribution in [-0.4, -0.2) is 92.0 Å². The van der Waals surface area contributed by atoms with E-state index < -0.39 is 53.7 Å². The smallest absolute Gasteiger partial charge is 0.187 e. The van der Waals surface area contributed by atoms with Crippen molar-refractivity contribution in [3.05, 3.63) is 11.6 Å². The zero-order valence-corrected chi connectivity index (χ0v) is 28.6. The van der Waals surface area contributed by atoms with Crippen molar-refractivity contribution in [1.29, 1.82) is 0 Å². The van der Waals surface area contributed by atoms with Gasteiger partial charge in [-0.1, -0.05) is 46.3 Å². The largest absolute Gasteiger partial charge is 0.394 e. The summed E-state index contributed by atoms with van der Waals surface area (Å²) in [7, 11) is 0. The van der Waals surface area contributed by atoms with E-state index in [9.17, 15) is 30.3 Å². The Morgan fingerprint density at radius 1 is 0.911 bits per heavy atom. The van der Waals surface area contributed by atoms with E-state index in [1.165, 1.54) is 5.57 Å². The van der Waals surface area contributed by atoms with Gasteiger partial charge in [0, 0.05) is 17.3 Å². The lowest BCUT2D eigenvalue weighted by Gasteiger charge is -2.65. The van der Waals surface area contributed by atoms with Gasteiger partial charge in [-0.2, -0.15) is 0 Å². The van der Waals surface area contributed by atoms with E-state index in [-0.39, 0.29) is 46.4 Å². The van der Waals surface area contributed by atoms with Crippen LogP contribution in [0.15, 0.2) is 11.6 Å². The Labute approximate surface area is 268 Å². The summed E-state index contributed by atoms with van der Waals surface area (Å²) in [6.07, 6.45) is 1.79. The normalized spacial score (nSPS) is 53.0. The molecule has 9 heteroatoms. The number of hydrogen-bond donors (Lipinski definition) is 5. The number of aliphatic hydroxyl groups is 5. The molecule has 0 bridgehead atoms. The van der Waals surface area contributed by atoms with Crippen LogP contribution in [0.5, 0.6) is 0 Å². The number of ether oxygens (including phenoxy) is 3. The topological polar surface area (TPSA) is 146 Å². The van der Waals surface area contributed by atoms with Gasteiger partial charge in [-0.3, -0.25) is 4.79 Å². The van der Waals surface area contributed by atoms with Gasteiger partial charge in [0.1, 0.15) is 30.2 Å². The second kappa shape index (κ2) is 10.8. The Kier molecular flexibility index (Phi) is 8.15. The molecule has 2 heterocycles. The Hall–Kier alpha value is -0.910. The minimum Gasteiger partial charge on any atom is -0.394 e. The van der Waals surface area contributed by atoms with Crippen molar-refractivity contribution in [3.63, 3.8) is 0 Å². The molecule has 6 aliphatic rings. The average Bonchev–Trinajstić information content (AvgIpc) is 3.49. The van der Waals surface area contributed by atoms with Crippen molar-refractivity contribution in [1.82, 2.24) is 0 Å². The van der Waals surface area contributed by atoms with E-state index in [1.807, 2.05) is 13.8 Å². The Morgan fingerprint density at radius 2 is 1.60 bits per heavy atom. The molecule has 3 saturated carbocycles. The lowest BCUT2D eigenvalue weighted by molar-refractivity contribution is -0.319. The van der Waals surface area contributed by atoms with Crippen LogP contribution in [-0.2, 0) is 19.0 Å². The molecule has 9 nitrogen and oxygen atoms in total. The molecule has 2 aliphatic heterocycles. The molecule has 0 aromatic heterocycles. The number of allylic oxidation sites excluding steroid dienone is 1. The number of hydrogen-bond acceptors (Lipinski definition) is 9. The number of carbonyl (C=O) groups excluding carboxylic acids is 1. The Morgan fingerprint density at radius 3 is 2.22 bits per heavy atom. The van der Waals surface area contributed by atoms with Gasteiger partial charge in [-0.05, 0) is 94.3 Å². The van der Waals surface area contributed by atoms with Crippen LogP contribution in [0.3, 0.4) is 0 Å². The number of ketones is 1. The summed E-state index contributed by atoms with van der Waals surface area (Å²) in [6.45, 7) is 16.6. The zero-order valence-electron chi connectivity index (χ0n) is 28.6. The Bertz CT molecular complexity index is 1210. The number of carbonyl (C=O) groups is 1. The van der Waals surface area contributed by atoms with Crippen molar-refractivity contribution in [2.24, 2.45) is 39.4 Å². The third-order valence-electron chi connectivity index (χ3n) is 14.6. The summed E-state index contributed by atoms with van der Waals surface area (Å²) in [5, 5.41) is 51.7. The molecule has 2 saturated heterocycles. The number of Topliss-reactive ketones (excluding diaryl/α,β-unsaturated/α-hetero) is 1. The van der Waals surface area contributed by atoms with Crippen LogP contribution < -0.4 is 0 Å². The fourth-order valence-electron chi connectivity index (χ4n) is 11.6. The first-order valence-corrected chi connectivity index (χ1v) is 17.4. The van der Waals surface area contributed by atoms with Crippen LogP contribution in [0.1, 0.15) is 107 Å². The quantitative estimate of drug-likeness (QED) is 0.286. The van der Waals surface area contributed by atoms with Crippen LogP contribution >= 0.6 is 0 Å². The van der Waals surface area contributed by atoms with Gasteiger partial charge in [0.15, 0.2) is 6.29 Å². The first-order chi connectivity index (χ1) is 20.8. The van der Waals surface area contributed by atoms with E-state index in [0.717, 1.165) is 38.5 Å². The van der Waals surface area contributed by atoms with E-state index in [2.05, 4.69) is 47.6 Å². The molecule has 0 radical (unpaired) electrons. The molecule has 6 rings (SSSR count). The summed E-state index contributed by atoms with van der Waals surface area (Å²) < 4.78 is 18.8. The minimum atomic E-state index is -1.49. The molecular formula is C36H58O9. The molecule has 45 heavy (non-hydrogen) atoms. The monoisotopic (exact) mass is 634 g/mol.